The Morgan fingerprint density at radius 3 is 2.09 bits per heavy atom. The Morgan fingerprint density at radius 1 is 0.442 bits per heavy atom. The summed E-state index contributed by atoms with van der Waals surface area (Å²) >= 11 is 1.86. The molecule has 2 heterocycles. The molecular formula is C40H25NOS. The molecule has 0 fully saturated rings. The van der Waals surface area contributed by atoms with Crippen molar-refractivity contribution in [1.29, 1.82) is 0 Å². The standard InChI is InChI=1S/C40H25NOS/c1-2-10-26(11-3-1)31-12-4-7-15-36(31)41(30-20-21-33-32-13-5-8-16-37(32)42-38(33)25-30)29-19-18-27-24-40-35(23-28(27)22-29)34-14-6-9-17-39(34)43-40/h1-25H. The van der Waals surface area contributed by atoms with E-state index in [-0.39, 0.29) is 0 Å². The molecule has 0 atom stereocenters. The minimum Gasteiger partial charge on any atom is -0.456 e. The van der Waals surface area contributed by atoms with Gasteiger partial charge < -0.3 is 9.32 Å². The molecule has 9 aromatic rings. The highest BCUT2D eigenvalue weighted by atomic mass is 32.1. The first-order valence-corrected chi connectivity index (χ1v) is 15.3. The van der Waals surface area contributed by atoms with Crippen molar-refractivity contribution in [1.82, 2.24) is 0 Å². The number of hydrogen-bond donors (Lipinski definition) is 0. The largest absolute Gasteiger partial charge is 0.456 e. The van der Waals surface area contributed by atoms with Crippen LogP contribution in [0.4, 0.5) is 17.1 Å². The molecular weight excluding hydrogens is 543 g/mol. The fourth-order valence-corrected chi connectivity index (χ4v) is 7.54. The average Bonchev–Trinajstić information content (AvgIpc) is 3.62. The van der Waals surface area contributed by atoms with Gasteiger partial charge in [-0.1, -0.05) is 91.0 Å². The van der Waals surface area contributed by atoms with Crippen LogP contribution in [-0.2, 0) is 0 Å². The van der Waals surface area contributed by atoms with E-state index >= 15 is 0 Å². The molecule has 0 aliphatic rings. The van der Waals surface area contributed by atoms with E-state index in [4.69, 9.17) is 4.42 Å². The van der Waals surface area contributed by atoms with Crippen molar-refractivity contribution in [2.24, 2.45) is 0 Å². The number of para-hydroxylation sites is 2. The summed E-state index contributed by atoms with van der Waals surface area (Å²) in [6.07, 6.45) is 0. The summed E-state index contributed by atoms with van der Waals surface area (Å²) in [6.45, 7) is 0. The second kappa shape index (κ2) is 9.59. The Bertz CT molecular complexity index is 2470. The van der Waals surface area contributed by atoms with E-state index in [9.17, 15) is 0 Å². The summed E-state index contributed by atoms with van der Waals surface area (Å²) in [7, 11) is 0. The van der Waals surface area contributed by atoms with Crippen LogP contribution in [0.25, 0.3) is 64.0 Å². The van der Waals surface area contributed by atoms with Gasteiger partial charge in [0.1, 0.15) is 11.2 Å². The van der Waals surface area contributed by atoms with Gasteiger partial charge in [0, 0.05) is 53.9 Å². The molecule has 0 aliphatic heterocycles. The molecule has 0 saturated heterocycles. The molecule has 2 aromatic heterocycles. The molecule has 43 heavy (non-hydrogen) atoms. The van der Waals surface area contributed by atoms with Gasteiger partial charge in [-0.3, -0.25) is 0 Å². The van der Waals surface area contributed by atoms with E-state index in [2.05, 4.69) is 144 Å². The zero-order valence-corrected chi connectivity index (χ0v) is 24.0. The topological polar surface area (TPSA) is 16.4 Å². The zero-order chi connectivity index (χ0) is 28.3. The Morgan fingerprint density at radius 2 is 1.16 bits per heavy atom. The van der Waals surface area contributed by atoms with Crippen LogP contribution in [0.2, 0.25) is 0 Å². The van der Waals surface area contributed by atoms with Crippen molar-refractivity contribution in [3.05, 3.63) is 152 Å². The minimum atomic E-state index is 0.883. The van der Waals surface area contributed by atoms with Gasteiger partial charge in [-0.05, 0) is 70.9 Å². The van der Waals surface area contributed by atoms with Crippen molar-refractivity contribution in [3.8, 4) is 11.1 Å². The lowest BCUT2D eigenvalue weighted by Crippen LogP contribution is -2.11. The Hall–Kier alpha value is -5.38. The molecule has 0 spiro atoms. The lowest BCUT2D eigenvalue weighted by Gasteiger charge is -2.28. The van der Waals surface area contributed by atoms with Crippen molar-refractivity contribution in [2.45, 2.75) is 0 Å². The maximum absolute atomic E-state index is 6.35. The van der Waals surface area contributed by atoms with Gasteiger partial charge in [-0.25, -0.2) is 0 Å². The number of anilines is 3. The minimum absolute atomic E-state index is 0.883. The van der Waals surface area contributed by atoms with Crippen LogP contribution in [-0.4, -0.2) is 0 Å². The molecule has 2 nitrogen and oxygen atoms in total. The average molecular weight is 568 g/mol. The van der Waals surface area contributed by atoms with Crippen LogP contribution in [0, 0.1) is 0 Å². The fraction of sp³-hybridized carbons (Fsp3) is 0. The molecule has 0 bridgehead atoms. The van der Waals surface area contributed by atoms with Gasteiger partial charge in [-0.2, -0.15) is 0 Å². The van der Waals surface area contributed by atoms with E-state index in [1.165, 1.54) is 42.1 Å². The van der Waals surface area contributed by atoms with Crippen molar-refractivity contribution >= 4 is 81.3 Å². The normalized spacial score (nSPS) is 11.7. The smallest absolute Gasteiger partial charge is 0.137 e. The molecule has 9 rings (SSSR count). The summed E-state index contributed by atoms with van der Waals surface area (Å²) in [5, 5.41) is 7.35. The number of hydrogen-bond acceptors (Lipinski definition) is 3. The van der Waals surface area contributed by atoms with E-state index in [0.717, 1.165) is 39.0 Å². The highest BCUT2D eigenvalue weighted by Crippen LogP contribution is 2.44. The molecule has 7 aromatic carbocycles. The molecule has 0 amide bonds. The predicted octanol–water partition coefficient (Wildman–Crippen LogP) is 12.2. The van der Waals surface area contributed by atoms with Crippen LogP contribution in [0.1, 0.15) is 0 Å². The second-order valence-corrected chi connectivity index (χ2v) is 12.1. The van der Waals surface area contributed by atoms with Crippen molar-refractivity contribution < 1.29 is 4.42 Å². The summed E-state index contributed by atoms with van der Waals surface area (Å²) in [5.41, 5.74) is 7.41. The van der Waals surface area contributed by atoms with E-state index in [1.54, 1.807) is 0 Å². The highest BCUT2D eigenvalue weighted by Gasteiger charge is 2.19. The van der Waals surface area contributed by atoms with Gasteiger partial charge >= 0.3 is 0 Å². The third-order valence-electron chi connectivity index (χ3n) is 8.43. The van der Waals surface area contributed by atoms with Crippen LogP contribution in [0.5, 0.6) is 0 Å². The number of rotatable bonds is 4. The van der Waals surface area contributed by atoms with Gasteiger partial charge in [0.2, 0.25) is 0 Å². The number of furan rings is 1. The third-order valence-corrected chi connectivity index (χ3v) is 9.56. The maximum atomic E-state index is 6.35. The number of benzene rings is 7. The van der Waals surface area contributed by atoms with Crippen LogP contribution in [0.3, 0.4) is 0 Å². The van der Waals surface area contributed by atoms with Crippen molar-refractivity contribution in [3.63, 3.8) is 0 Å². The maximum Gasteiger partial charge on any atom is 0.137 e. The van der Waals surface area contributed by atoms with E-state index in [1.807, 2.05) is 23.5 Å². The van der Waals surface area contributed by atoms with Crippen LogP contribution >= 0.6 is 11.3 Å². The van der Waals surface area contributed by atoms with E-state index < -0.39 is 0 Å². The zero-order valence-electron chi connectivity index (χ0n) is 23.2. The second-order valence-electron chi connectivity index (χ2n) is 11.0. The van der Waals surface area contributed by atoms with Crippen LogP contribution < -0.4 is 4.90 Å². The Kier molecular flexibility index (Phi) is 5.40. The first-order chi connectivity index (χ1) is 21.3. The Labute approximate surface area is 252 Å². The van der Waals surface area contributed by atoms with Gasteiger partial charge in [0.25, 0.3) is 0 Å². The summed E-state index contributed by atoms with van der Waals surface area (Å²) in [5.74, 6) is 0. The number of nitrogens with zero attached hydrogens (tertiary/aromatic N) is 1. The molecule has 202 valence electrons. The summed E-state index contributed by atoms with van der Waals surface area (Å²) in [6, 6.07) is 54.3. The monoisotopic (exact) mass is 567 g/mol. The third kappa shape index (κ3) is 3.93. The van der Waals surface area contributed by atoms with Gasteiger partial charge in [0.05, 0.1) is 5.69 Å². The SMILES string of the molecule is c1ccc(-c2ccccc2N(c2ccc3cc4sc5ccccc5c4cc3c2)c2ccc3c(c2)oc2ccccc23)cc1. The van der Waals surface area contributed by atoms with Crippen molar-refractivity contribution in [2.75, 3.05) is 4.90 Å². The number of thiophene rings is 1. The number of fused-ring (bicyclic) bond motifs is 7. The fourth-order valence-electron chi connectivity index (χ4n) is 6.41. The first-order valence-electron chi connectivity index (χ1n) is 14.5. The molecule has 0 aliphatic carbocycles. The van der Waals surface area contributed by atoms with E-state index in [0.29, 0.717) is 0 Å². The molecule has 0 unspecified atom stereocenters. The summed E-state index contributed by atoms with van der Waals surface area (Å²) < 4.78 is 9.00. The van der Waals surface area contributed by atoms with Gasteiger partial charge in [0.15, 0.2) is 0 Å². The quantitative estimate of drug-likeness (QED) is 0.210. The lowest BCUT2D eigenvalue weighted by molar-refractivity contribution is 0.669. The predicted molar refractivity (Wildman–Crippen MR) is 184 cm³/mol. The lowest BCUT2D eigenvalue weighted by atomic mass is 10.0. The Balaban J connectivity index is 1.29. The highest BCUT2D eigenvalue weighted by molar-refractivity contribution is 7.25. The molecule has 3 heteroatoms. The molecule has 0 saturated carbocycles. The summed E-state index contributed by atoms with van der Waals surface area (Å²) in [4.78, 5) is 2.37. The van der Waals surface area contributed by atoms with Gasteiger partial charge in [-0.15, -0.1) is 11.3 Å². The first kappa shape index (κ1) is 24.2. The molecule has 0 radical (unpaired) electrons. The molecule has 0 N–H and O–H groups in total. The van der Waals surface area contributed by atoms with Crippen LogP contribution in [0.15, 0.2) is 156 Å².